The molecule has 0 saturated heterocycles. The second-order valence-electron chi connectivity index (χ2n) is 5.51. The van der Waals surface area contributed by atoms with Crippen molar-refractivity contribution in [1.82, 2.24) is 9.62 Å². The van der Waals surface area contributed by atoms with Gasteiger partial charge in [0.25, 0.3) is 0 Å². The fourth-order valence-electron chi connectivity index (χ4n) is 2.69. The molecule has 118 valence electrons. The Balaban J connectivity index is 1.93. The van der Waals surface area contributed by atoms with E-state index in [0.29, 0.717) is 12.6 Å². The van der Waals surface area contributed by atoms with E-state index in [1.165, 1.54) is 18.9 Å². The highest BCUT2D eigenvalue weighted by molar-refractivity contribution is 7.89. The molecule has 1 aliphatic carbocycles. The van der Waals surface area contributed by atoms with Gasteiger partial charge in [0, 0.05) is 24.8 Å². The van der Waals surface area contributed by atoms with Crippen molar-refractivity contribution in [2.75, 3.05) is 25.9 Å². The van der Waals surface area contributed by atoms with Gasteiger partial charge in [0.15, 0.2) is 0 Å². The van der Waals surface area contributed by atoms with Gasteiger partial charge in [-0.05, 0) is 38.1 Å². The number of anilines is 1. The second-order valence-corrected chi connectivity index (χ2v) is 7.24. The lowest BCUT2D eigenvalue weighted by Crippen LogP contribution is -2.37. The fourth-order valence-corrected chi connectivity index (χ4v) is 3.82. The molecule has 0 aliphatic heterocycles. The van der Waals surface area contributed by atoms with Crippen LogP contribution in [0.4, 0.5) is 10.1 Å². The molecule has 7 heteroatoms. The number of sulfonamides is 1. The molecule has 0 bridgehead atoms. The van der Waals surface area contributed by atoms with Gasteiger partial charge in [-0.15, -0.1) is 0 Å². The highest BCUT2D eigenvalue weighted by Gasteiger charge is 2.21. The lowest BCUT2D eigenvalue weighted by atomic mass is 10.2. The minimum Gasteiger partial charge on any atom is -0.399 e. The summed E-state index contributed by atoms with van der Waals surface area (Å²) in [6, 6.07) is 4.06. The molecule has 0 aromatic heterocycles. The third-order valence-corrected chi connectivity index (χ3v) is 5.43. The van der Waals surface area contributed by atoms with Gasteiger partial charge in [-0.3, -0.25) is 0 Å². The van der Waals surface area contributed by atoms with Crippen molar-refractivity contribution < 1.29 is 12.8 Å². The summed E-state index contributed by atoms with van der Waals surface area (Å²) in [5.41, 5.74) is 5.74. The van der Waals surface area contributed by atoms with Gasteiger partial charge < -0.3 is 10.6 Å². The summed E-state index contributed by atoms with van der Waals surface area (Å²) in [6.45, 7) is 0.859. The molecule has 3 N–H and O–H groups in total. The normalized spacial score (nSPS) is 16.7. The van der Waals surface area contributed by atoms with E-state index in [-0.39, 0.29) is 12.2 Å². The molecule has 1 aromatic carbocycles. The van der Waals surface area contributed by atoms with E-state index in [0.717, 1.165) is 25.0 Å². The maximum Gasteiger partial charge on any atom is 0.243 e. The van der Waals surface area contributed by atoms with Crippen molar-refractivity contribution in [3.8, 4) is 0 Å². The fraction of sp³-hybridized carbons (Fsp3) is 0.571. The largest absolute Gasteiger partial charge is 0.399 e. The van der Waals surface area contributed by atoms with Gasteiger partial charge >= 0.3 is 0 Å². The van der Waals surface area contributed by atoms with Crippen LogP contribution in [-0.2, 0) is 10.0 Å². The Labute approximate surface area is 125 Å². The monoisotopic (exact) mass is 315 g/mol. The zero-order chi connectivity index (χ0) is 15.5. The van der Waals surface area contributed by atoms with Gasteiger partial charge in [-0.1, -0.05) is 12.8 Å². The molecule has 0 spiro atoms. The maximum absolute atomic E-state index is 13.6. The molecule has 1 fully saturated rings. The third kappa shape index (κ3) is 4.15. The number of rotatable bonds is 6. The minimum absolute atomic E-state index is 0.222. The lowest BCUT2D eigenvalue weighted by molar-refractivity contribution is 0.250. The molecule has 1 aromatic rings. The number of nitrogens with zero attached hydrogens (tertiary/aromatic N) is 1. The number of benzene rings is 1. The predicted molar refractivity (Wildman–Crippen MR) is 80.9 cm³/mol. The summed E-state index contributed by atoms with van der Waals surface area (Å²) in [7, 11) is -1.87. The average molecular weight is 315 g/mol. The Morgan fingerprint density at radius 3 is 2.71 bits per heavy atom. The number of nitrogens with one attached hydrogen (secondary N) is 1. The first-order valence-corrected chi connectivity index (χ1v) is 8.63. The quantitative estimate of drug-likeness (QED) is 0.781. The van der Waals surface area contributed by atoms with Crippen LogP contribution in [0.25, 0.3) is 0 Å². The Kier molecular flexibility index (Phi) is 5.18. The van der Waals surface area contributed by atoms with Crippen molar-refractivity contribution in [3.63, 3.8) is 0 Å². The molecule has 21 heavy (non-hydrogen) atoms. The second kappa shape index (κ2) is 6.72. The zero-order valence-electron chi connectivity index (χ0n) is 12.2. The Hall–Kier alpha value is -1.18. The topological polar surface area (TPSA) is 75.4 Å². The standard InChI is InChI=1S/C14H22FN3O2S/c1-18(12-4-2-3-5-12)9-8-17-21(19,20)14-10-11(16)6-7-13(14)15/h6-7,10,12,17H,2-5,8-9,16H2,1H3. The van der Waals surface area contributed by atoms with E-state index in [2.05, 4.69) is 9.62 Å². The molecule has 1 saturated carbocycles. The van der Waals surface area contributed by atoms with Crippen LogP contribution in [0.2, 0.25) is 0 Å². The number of hydrogen-bond acceptors (Lipinski definition) is 4. The van der Waals surface area contributed by atoms with E-state index < -0.39 is 20.7 Å². The van der Waals surface area contributed by atoms with Crippen LogP contribution in [0.3, 0.4) is 0 Å². The Morgan fingerprint density at radius 2 is 2.05 bits per heavy atom. The van der Waals surface area contributed by atoms with E-state index >= 15 is 0 Å². The molecule has 2 rings (SSSR count). The number of likely N-dealkylation sites (N-methyl/N-ethyl adjacent to an activating group) is 1. The number of halogens is 1. The highest BCUT2D eigenvalue weighted by atomic mass is 32.2. The van der Waals surface area contributed by atoms with Crippen LogP contribution in [0.15, 0.2) is 23.1 Å². The molecule has 0 amide bonds. The predicted octanol–water partition coefficient (Wildman–Crippen LogP) is 1.56. The lowest BCUT2D eigenvalue weighted by Gasteiger charge is -2.23. The Morgan fingerprint density at radius 1 is 1.38 bits per heavy atom. The zero-order valence-corrected chi connectivity index (χ0v) is 13.0. The number of hydrogen-bond donors (Lipinski definition) is 2. The Bertz CT molecular complexity index is 586. The van der Waals surface area contributed by atoms with Gasteiger partial charge in [-0.25, -0.2) is 17.5 Å². The highest BCUT2D eigenvalue weighted by Crippen LogP contribution is 2.22. The summed E-state index contributed by atoms with van der Waals surface area (Å²) in [4.78, 5) is 1.76. The number of nitrogens with two attached hydrogens (primary N) is 1. The van der Waals surface area contributed by atoms with Crippen LogP contribution >= 0.6 is 0 Å². The van der Waals surface area contributed by atoms with Crippen molar-refractivity contribution in [2.24, 2.45) is 0 Å². The molecule has 0 radical (unpaired) electrons. The SMILES string of the molecule is CN(CCNS(=O)(=O)c1cc(N)ccc1F)C1CCCC1. The first kappa shape index (κ1) is 16.2. The van der Waals surface area contributed by atoms with E-state index in [1.54, 1.807) is 0 Å². The minimum atomic E-state index is -3.86. The third-order valence-electron chi connectivity index (χ3n) is 3.95. The summed E-state index contributed by atoms with van der Waals surface area (Å²) >= 11 is 0. The van der Waals surface area contributed by atoms with Gasteiger partial charge in [0.2, 0.25) is 10.0 Å². The molecular weight excluding hydrogens is 293 g/mol. The van der Waals surface area contributed by atoms with E-state index in [9.17, 15) is 12.8 Å². The summed E-state index contributed by atoms with van der Waals surface area (Å²) in [5, 5.41) is 0. The molecule has 5 nitrogen and oxygen atoms in total. The molecule has 0 unspecified atom stereocenters. The first-order chi connectivity index (χ1) is 9.90. The summed E-state index contributed by atoms with van der Waals surface area (Å²) < 4.78 is 40.2. The van der Waals surface area contributed by atoms with Gasteiger partial charge in [0.05, 0.1) is 0 Å². The van der Waals surface area contributed by atoms with Crippen molar-refractivity contribution in [2.45, 2.75) is 36.6 Å². The van der Waals surface area contributed by atoms with Crippen LogP contribution in [0.5, 0.6) is 0 Å². The van der Waals surface area contributed by atoms with Crippen molar-refractivity contribution >= 4 is 15.7 Å². The van der Waals surface area contributed by atoms with Crippen LogP contribution in [0.1, 0.15) is 25.7 Å². The summed E-state index contributed by atoms with van der Waals surface area (Å²) in [5.74, 6) is -0.791. The first-order valence-electron chi connectivity index (χ1n) is 7.15. The molecule has 0 heterocycles. The molecule has 1 aliphatic rings. The van der Waals surface area contributed by atoms with Crippen molar-refractivity contribution in [3.05, 3.63) is 24.0 Å². The van der Waals surface area contributed by atoms with Crippen molar-refractivity contribution in [1.29, 1.82) is 0 Å². The smallest absolute Gasteiger partial charge is 0.243 e. The number of nitrogen functional groups attached to an aromatic ring is 1. The van der Waals surface area contributed by atoms with E-state index in [1.807, 2.05) is 7.05 Å². The maximum atomic E-state index is 13.6. The summed E-state index contributed by atoms with van der Waals surface area (Å²) in [6.07, 6.45) is 4.78. The van der Waals surface area contributed by atoms with Crippen LogP contribution in [-0.4, -0.2) is 39.5 Å². The van der Waals surface area contributed by atoms with Gasteiger partial charge in [-0.2, -0.15) is 0 Å². The van der Waals surface area contributed by atoms with Gasteiger partial charge in [0.1, 0.15) is 10.7 Å². The molecule has 0 atom stereocenters. The van der Waals surface area contributed by atoms with E-state index in [4.69, 9.17) is 5.73 Å². The molecular formula is C14H22FN3O2S. The van der Waals surface area contributed by atoms with Crippen LogP contribution < -0.4 is 10.5 Å². The average Bonchev–Trinajstić information content (AvgIpc) is 2.95. The van der Waals surface area contributed by atoms with Crippen LogP contribution in [0, 0.1) is 5.82 Å².